The van der Waals surface area contributed by atoms with Gasteiger partial charge in [-0.2, -0.15) is 0 Å². The van der Waals surface area contributed by atoms with E-state index in [0.29, 0.717) is 5.88 Å². The van der Waals surface area contributed by atoms with E-state index in [0.717, 1.165) is 39.1 Å². The van der Waals surface area contributed by atoms with Crippen molar-refractivity contribution in [3.8, 4) is 5.88 Å². The Labute approximate surface area is 133 Å². The summed E-state index contributed by atoms with van der Waals surface area (Å²) in [5, 5.41) is 2.13. The van der Waals surface area contributed by atoms with E-state index in [1.54, 1.807) is 18.6 Å². The molecular weight excluding hydrogens is 298 g/mol. The van der Waals surface area contributed by atoms with E-state index >= 15 is 0 Å². The molecule has 0 unspecified atom stereocenters. The maximum absolute atomic E-state index is 6.06. The van der Waals surface area contributed by atoms with Crippen molar-refractivity contribution in [1.29, 1.82) is 0 Å². The molecule has 22 heavy (non-hydrogen) atoms. The molecule has 1 spiro atoms. The molecule has 0 radical (unpaired) electrons. The number of rotatable bonds is 4. The van der Waals surface area contributed by atoms with Crippen molar-refractivity contribution in [1.82, 2.24) is 14.9 Å². The maximum Gasteiger partial charge on any atom is 0.232 e. The topological polar surface area (TPSA) is 47.5 Å². The predicted octanol–water partition coefficient (Wildman–Crippen LogP) is 2.35. The van der Waals surface area contributed by atoms with E-state index < -0.39 is 0 Å². The first-order valence-corrected chi connectivity index (χ1v) is 8.51. The highest BCUT2D eigenvalue weighted by Crippen LogP contribution is 2.36. The highest BCUT2D eigenvalue weighted by atomic mass is 32.1. The van der Waals surface area contributed by atoms with Crippen LogP contribution in [0.5, 0.6) is 5.88 Å². The molecule has 4 rings (SSSR count). The van der Waals surface area contributed by atoms with Gasteiger partial charge in [0.15, 0.2) is 0 Å². The van der Waals surface area contributed by atoms with Crippen molar-refractivity contribution in [2.24, 2.45) is 0 Å². The number of ether oxygens (including phenoxy) is 2. The maximum atomic E-state index is 6.06. The van der Waals surface area contributed by atoms with Crippen molar-refractivity contribution in [2.75, 3.05) is 19.7 Å². The normalized spacial score (nSPS) is 24.1. The summed E-state index contributed by atoms with van der Waals surface area (Å²) in [4.78, 5) is 12.1. The summed E-state index contributed by atoms with van der Waals surface area (Å²) in [6.07, 6.45) is 7.03. The summed E-state index contributed by atoms with van der Waals surface area (Å²) >= 11 is 1.82. The van der Waals surface area contributed by atoms with Gasteiger partial charge in [0.1, 0.15) is 6.10 Å². The standard InChI is InChI=1S/C16H19N3O2S/c1-2-14(22-7-1)10-19-11-16(12-19)8-13(3-6-20-16)21-15-9-17-4-5-18-15/h1-2,4-5,7,9,13H,3,6,8,10-12H2/t13-/m1/s1. The Morgan fingerprint density at radius 1 is 1.41 bits per heavy atom. The third-order valence-electron chi connectivity index (χ3n) is 4.26. The lowest BCUT2D eigenvalue weighted by Crippen LogP contribution is -2.65. The van der Waals surface area contributed by atoms with Crippen LogP contribution >= 0.6 is 11.3 Å². The molecule has 2 aliphatic heterocycles. The van der Waals surface area contributed by atoms with Crippen LogP contribution in [0.2, 0.25) is 0 Å². The Kier molecular flexibility index (Phi) is 3.82. The van der Waals surface area contributed by atoms with Gasteiger partial charge in [-0.3, -0.25) is 9.88 Å². The molecular formula is C16H19N3O2S. The van der Waals surface area contributed by atoms with Crippen molar-refractivity contribution >= 4 is 11.3 Å². The van der Waals surface area contributed by atoms with E-state index in [-0.39, 0.29) is 11.7 Å². The number of hydrogen-bond acceptors (Lipinski definition) is 6. The molecule has 4 heterocycles. The minimum absolute atomic E-state index is 0.0254. The van der Waals surface area contributed by atoms with Crippen molar-refractivity contribution < 1.29 is 9.47 Å². The lowest BCUT2D eigenvalue weighted by atomic mass is 9.84. The van der Waals surface area contributed by atoms with Gasteiger partial charge in [-0.05, 0) is 11.4 Å². The first-order chi connectivity index (χ1) is 10.8. The molecule has 0 N–H and O–H groups in total. The van der Waals surface area contributed by atoms with Crippen LogP contribution in [0.15, 0.2) is 36.1 Å². The molecule has 2 aromatic rings. The van der Waals surface area contributed by atoms with Gasteiger partial charge < -0.3 is 9.47 Å². The van der Waals surface area contributed by atoms with Crippen LogP contribution in [0, 0.1) is 0 Å². The lowest BCUT2D eigenvalue weighted by Gasteiger charge is -2.53. The molecule has 2 saturated heterocycles. The van der Waals surface area contributed by atoms with Gasteiger partial charge in [-0.25, -0.2) is 4.98 Å². The summed E-state index contributed by atoms with van der Waals surface area (Å²) in [7, 11) is 0. The number of thiophene rings is 1. The molecule has 0 aliphatic carbocycles. The van der Waals surface area contributed by atoms with Gasteiger partial charge in [0.25, 0.3) is 0 Å². The first-order valence-electron chi connectivity index (χ1n) is 7.63. The highest BCUT2D eigenvalue weighted by molar-refractivity contribution is 7.09. The zero-order valence-corrected chi connectivity index (χ0v) is 13.2. The van der Waals surface area contributed by atoms with Gasteiger partial charge in [0.05, 0.1) is 18.4 Å². The van der Waals surface area contributed by atoms with Crippen LogP contribution in [-0.2, 0) is 11.3 Å². The fourth-order valence-electron chi connectivity index (χ4n) is 3.32. The van der Waals surface area contributed by atoms with Gasteiger partial charge >= 0.3 is 0 Å². The fourth-order valence-corrected chi connectivity index (χ4v) is 4.07. The molecule has 2 aromatic heterocycles. The number of aromatic nitrogens is 2. The van der Waals surface area contributed by atoms with Crippen molar-refractivity contribution in [2.45, 2.75) is 31.1 Å². The Morgan fingerprint density at radius 2 is 2.36 bits per heavy atom. The fraction of sp³-hybridized carbons (Fsp3) is 0.500. The molecule has 0 amide bonds. The van der Waals surface area contributed by atoms with Crippen LogP contribution in [0.1, 0.15) is 17.7 Å². The van der Waals surface area contributed by atoms with Crippen LogP contribution in [0.25, 0.3) is 0 Å². The van der Waals surface area contributed by atoms with Gasteiger partial charge in [-0.15, -0.1) is 11.3 Å². The minimum atomic E-state index is -0.0254. The van der Waals surface area contributed by atoms with Gasteiger partial charge in [-0.1, -0.05) is 6.07 Å². The lowest BCUT2D eigenvalue weighted by molar-refractivity contribution is -0.188. The summed E-state index contributed by atoms with van der Waals surface area (Å²) in [5.41, 5.74) is -0.0254. The largest absolute Gasteiger partial charge is 0.473 e. The van der Waals surface area contributed by atoms with Crippen molar-refractivity contribution in [3.63, 3.8) is 0 Å². The SMILES string of the molecule is c1csc(CN2CC3(C[C@H](Oc4cnccn4)CCO3)C2)c1. The highest BCUT2D eigenvalue weighted by Gasteiger charge is 2.48. The molecule has 5 nitrogen and oxygen atoms in total. The third kappa shape index (κ3) is 2.99. The third-order valence-corrected chi connectivity index (χ3v) is 5.12. The Bertz CT molecular complexity index is 599. The zero-order valence-electron chi connectivity index (χ0n) is 12.4. The van der Waals surface area contributed by atoms with Crippen LogP contribution in [0.4, 0.5) is 0 Å². The van der Waals surface area contributed by atoms with Gasteiger partial charge in [0, 0.05) is 49.7 Å². The molecule has 1 atom stereocenters. The number of likely N-dealkylation sites (tertiary alicyclic amines) is 1. The average molecular weight is 317 g/mol. The Hall–Kier alpha value is -1.50. The molecule has 0 bridgehead atoms. The Morgan fingerprint density at radius 3 is 3.14 bits per heavy atom. The molecule has 6 heteroatoms. The van der Waals surface area contributed by atoms with Gasteiger partial charge in [0.2, 0.25) is 5.88 Å². The van der Waals surface area contributed by atoms with E-state index in [1.807, 2.05) is 11.3 Å². The summed E-state index contributed by atoms with van der Waals surface area (Å²) in [5.74, 6) is 0.610. The second-order valence-electron chi connectivity index (χ2n) is 6.03. The summed E-state index contributed by atoms with van der Waals surface area (Å²) in [6, 6.07) is 4.30. The molecule has 0 saturated carbocycles. The van der Waals surface area contributed by atoms with E-state index in [2.05, 4.69) is 32.4 Å². The van der Waals surface area contributed by atoms with Crippen LogP contribution in [0.3, 0.4) is 0 Å². The van der Waals surface area contributed by atoms with Crippen molar-refractivity contribution in [3.05, 3.63) is 41.0 Å². The quantitative estimate of drug-likeness (QED) is 0.866. The van der Waals surface area contributed by atoms with Crippen LogP contribution < -0.4 is 4.74 Å². The number of hydrogen-bond donors (Lipinski definition) is 0. The number of nitrogens with zero attached hydrogens (tertiary/aromatic N) is 3. The second-order valence-corrected chi connectivity index (χ2v) is 7.06. The molecule has 116 valence electrons. The van der Waals surface area contributed by atoms with Crippen LogP contribution in [-0.4, -0.2) is 46.3 Å². The molecule has 2 aliphatic rings. The molecule has 0 aromatic carbocycles. The predicted molar refractivity (Wildman–Crippen MR) is 84.0 cm³/mol. The average Bonchev–Trinajstić information content (AvgIpc) is 3.00. The van der Waals surface area contributed by atoms with E-state index in [9.17, 15) is 0 Å². The summed E-state index contributed by atoms with van der Waals surface area (Å²) in [6.45, 7) is 3.77. The minimum Gasteiger partial charge on any atom is -0.473 e. The summed E-state index contributed by atoms with van der Waals surface area (Å²) < 4.78 is 12.0. The first kappa shape index (κ1) is 14.1. The van der Waals surface area contributed by atoms with E-state index in [1.165, 1.54) is 4.88 Å². The van der Waals surface area contributed by atoms with E-state index in [4.69, 9.17) is 9.47 Å². The Balaban J connectivity index is 1.32. The second kappa shape index (κ2) is 5.95. The zero-order chi connectivity index (χ0) is 14.8. The smallest absolute Gasteiger partial charge is 0.232 e. The molecule has 2 fully saturated rings. The monoisotopic (exact) mass is 317 g/mol.